The zero-order valence-electron chi connectivity index (χ0n) is 18.0. The molecule has 158 valence electrons. The number of amides is 1. The van der Waals surface area contributed by atoms with E-state index < -0.39 is 5.91 Å². The van der Waals surface area contributed by atoms with E-state index in [-0.39, 0.29) is 5.82 Å². The van der Waals surface area contributed by atoms with Gasteiger partial charge in [0.05, 0.1) is 27.0 Å². The van der Waals surface area contributed by atoms with Gasteiger partial charge in [0.15, 0.2) is 11.5 Å². The first-order chi connectivity index (χ1) is 14.4. The number of rotatable bonds is 7. The van der Waals surface area contributed by atoms with Crippen LogP contribution in [0.4, 0.5) is 5.69 Å². The average molecular weight is 410 g/mol. The van der Waals surface area contributed by atoms with Crippen LogP contribution in [0.1, 0.15) is 41.8 Å². The van der Waals surface area contributed by atoms with E-state index in [0.29, 0.717) is 34.7 Å². The minimum absolute atomic E-state index is 0.0693. The van der Waals surface area contributed by atoms with Gasteiger partial charge in [-0.05, 0) is 24.5 Å². The van der Waals surface area contributed by atoms with E-state index in [1.54, 1.807) is 16.8 Å². The Morgan fingerprint density at radius 1 is 1.03 bits per heavy atom. The first kappa shape index (κ1) is 21.2. The maximum Gasteiger partial charge on any atom is 0.295 e. The summed E-state index contributed by atoms with van der Waals surface area (Å²) < 4.78 is 17.7. The summed E-state index contributed by atoms with van der Waals surface area (Å²) in [6.45, 7) is 6.05. The van der Waals surface area contributed by atoms with Gasteiger partial charge in [0.2, 0.25) is 11.6 Å². The minimum Gasteiger partial charge on any atom is -0.493 e. The Kier molecular flexibility index (Phi) is 6.25. The molecule has 0 spiro atoms. The smallest absolute Gasteiger partial charge is 0.295 e. The van der Waals surface area contributed by atoms with Crippen LogP contribution in [0.15, 0.2) is 36.4 Å². The third-order valence-corrected chi connectivity index (χ3v) is 4.68. The highest BCUT2D eigenvalue weighted by atomic mass is 16.5. The number of aryl methyl sites for hydroxylation is 1. The van der Waals surface area contributed by atoms with Crippen LogP contribution in [0, 0.1) is 6.92 Å². The molecule has 0 unspecified atom stereocenters. The van der Waals surface area contributed by atoms with E-state index >= 15 is 0 Å². The molecule has 1 N–H and O–H groups in total. The minimum atomic E-state index is -0.437. The first-order valence-electron chi connectivity index (χ1n) is 9.53. The molecule has 0 radical (unpaired) electrons. The van der Waals surface area contributed by atoms with Gasteiger partial charge in [-0.1, -0.05) is 32.0 Å². The largest absolute Gasteiger partial charge is 0.493 e. The van der Waals surface area contributed by atoms with Crippen molar-refractivity contribution in [1.29, 1.82) is 0 Å². The van der Waals surface area contributed by atoms with Gasteiger partial charge in [-0.15, -0.1) is 5.10 Å². The number of nitrogens with one attached hydrogen (secondary N) is 1. The van der Waals surface area contributed by atoms with Crippen molar-refractivity contribution in [3.05, 3.63) is 53.6 Å². The lowest BCUT2D eigenvalue weighted by Gasteiger charge is -2.14. The number of carbonyl (C=O) groups is 1. The molecule has 3 aromatic rings. The Labute approximate surface area is 175 Å². The lowest BCUT2D eigenvalue weighted by atomic mass is 10.0. The third-order valence-electron chi connectivity index (χ3n) is 4.68. The SMILES string of the molecule is COc1cc(NC(=O)c2nc(C)n(-c3ccccc3C(C)C)n2)cc(OC)c1OC. The van der Waals surface area contributed by atoms with Gasteiger partial charge in [-0.25, -0.2) is 9.67 Å². The molecule has 0 atom stereocenters. The molecule has 0 saturated heterocycles. The third kappa shape index (κ3) is 4.07. The first-order valence-corrected chi connectivity index (χ1v) is 9.53. The van der Waals surface area contributed by atoms with Crippen LogP contribution >= 0.6 is 0 Å². The molecule has 1 heterocycles. The number of carbonyl (C=O) groups excluding carboxylic acids is 1. The maximum atomic E-state index is 12.8. The van der Waals surface area contributed by atoms with Crippen LogP contribution in [0.3, 0.4) is 0 Å². The summed E-state index contributed by atoms with van der Waals surface area (Å²) >= 11 is 0. The zero-order valence-corrected chi connectivity index (χ0v) is 18.0. The van der Waals surface area contributed by atoms with Gasteiger partial charge in [-0.3, -0.25) is 4.79 Å². The second kappa shape index (κ2) is 8.86. The number of hydrogen-bond donors (Lipinski definition) is 1. The Hall–Kier alpha value is -3.55. The number of aromatic nitrogens is 3. The van der Waals surface area contributed by atoms with Crippen LogP contribution in [0.2, 0.25) is 0 Å². The van der Waals surface area contributed by atoms with Crippen molar-refractivity contribution in [2.75, 3.05) is 26.6 Å². The number of nitrogens with zero attached hydrogens (tertiary/aromatic N) is 3. The quantitative estimate of drug-likeness (QED) is 0.634. The van der Waals surface area contributed by atoms with Gasteiger partial charge < -0.3 is 19.5 Å². The normalized spacial score (nSPS) is 10.8. The van der Waals surface area contributed by atoms with Crippen molar-refractivity contribution in [2.24, 2.45) is 0 Å². The summed E-state index contributed by atoms with van der Waals surface area (Å²) in [6, 6.07) is 11.3. The molecule has 8 heteroatoms. The number of ether oxygens (including phenoxy) is 3. The van der Waals surface area contributed by atoms with Gasteiger partial charge in [-0.2, -0.15) is 0 Å². The van der Waals surface area contributed by atoms with E-state index in [0.717, 1.165) is 11.3 Å². The fraction of sp³-hybridized carbons (Fsp3) is 0.318. The Morgan fingerprint density at radius 3 is 2.23 bits per heavy atom. The van der Waals surface area contributed by atoms with Crippen molar-refractivity contribution < 1.29 is 19.0 Å². The molecule has 0 aliphatic heterocycles. The number of anilines is 1. The molecule has 8 nitrogen and oxygen atoms in total. The highest BCUT2D eigenvalue weighted by Gasteiger charge is 2.20. The molecule has 0 aliphatic rings. The van der Waals surface area contributed by atoms with Crippen molar-refractivity contribution in [2.45, 2.75) is 26.7 Å². The topological polar surface area (TPSA) is 87.5 Å². The van der Waals surface area contributed by atoms with Crippen molar-refractivity contribution in [1.82, 2.24) is 14.8 Å². The number of benzene rings is 2. The summed E-state index contributed by atoms with van der Waals surface area (Å²) in [5.41, 5.74) is 2.51. The summed E-state index contributed by atoms with van der Waals surface area (Å²) in [4.78, 5) is 17.2. The van der Waals surface area contributed by atoms with Crippen LogP contribution in [0.5, 0.6) is 17.2 Å². The van der Waals surface area contributed by atoms with E-state index in [2.05, 4.69) is 35.3 Å². The molecule has 0 aliphatic carbocycles. The summed E-state index contributed by atoms with van der Waals surface area (Å²) in [7, 11) is 4.55. The van der Waals surface area contributed by atoms with Crippen molar-refractivity contribution in [3.63, 3.8) is 0 Å². The predicted molar refractivity (Wildman–Crippen MR) is 114 cm³/mol. The highest BCUT2D eigenvalue weighted by Crippen LogP contribution is 2.40. The Morgan fingerprint density at radius 2 is 1.67 bits per heavy atom. The lowest BCUT2D eigenvalue weighted by Crippen LogP contribution is -2.15. The molecular formula is C22H26N4O4. The van der Waals surface area contributed by atoms with E-state index in [9.17, 15) is 4.79 Å². The van der Waals surface area contributed by atoms with Crippen LogP contribution in [0.25, 0.3) is 5.69 Å². The highest BCUT2D eigenvalue weighted by molar-refractivity contribution is 6.02. The van der Waals surface area contributed by atoms with E-state index in [4.69, 9.17) is 14.2 Å². The Bertz CT molecular complexity index is 1030. The summed E-state index contributed by atoms with van der Waals surface area (Å²) in [5, 5.41) is 7.24. The molecule has 1 aromatic heterocycles. The average Bonchev–Trinajstić information content (AvgIpc) is 3.14. The predicted octanol–water partition coefficient (Wildman–Crippen LogP) is 3.98. The molecule has 0 bridgehead atoms. The monoisotopic (exact) mass is 410 g/mol. The number of hydrogen-bond acceptors (Lipinski definition) is 6. The molecule has 0 fully saturated rings. The molecule has 3 rings (SSSR count). The fourth-order valence-electron chi connectivity index (χ4n) is 3.22. The fourth-order valence-corrected chi connectivity index (χ4v) is 3.22. The van der Waals surface area contributed by atoms with Crippen LogP contribution < -0.4 is 19.5 Å². The summed E-state index contributed by atoms with van der Waals surface area (Å²) in [6.07, 6.45) is 0. The number of methoxy groups -OCH3 is 3. The molecule has 1 amide bonds. The van der Waals surface area contributed by atoms with Crippen LogP contribution in [-0.4, -0.2) is 42.0 Å². The second-order valence-corrected chi connectivity index (χ2v) is 6.98. The second-order valence-electron chi connectivity index (χ2n) is 6.98. The van der Waals surface area contributed by atoms with Crippen molar-refractivity contribution >= 4 is 11.6 Å². The van der Waals surface area contributed by atoms with Gasteiger partial charge in [0.25, 0.3) is 5.91 Å². The molecule has 30 heavy (non-hydrogen) atoms. The number of para-hydroxylation sites is 1. The standard InChI is InChI=1S/C22H26N4O4/c1-13(2)16-9-7-8-10-17(16)26-14(3)23-21(25-26)22(27)24-15-11-18(28-4)20(30-6)19(12-15)29-5/h7-13H,1-6H3,(H,24,27). The summed E-state index contributed by atoms with van der Waals surface area (Å²) in [5.74, 6) is 1.88. The maximum absolute atomic E-state index is 12.8. The zero-order chi connectivity index (χ0) is 21.8. The van der Waals surface area contributed by atoms with Crippen molar-refractivity contribution in [3.8, 4) is 22.9 Å². The van der Waals surface area contributed by atoms with Gasteiger partial charge in [0.1, 0.15) is 5.82 Å². The molecule has 0 saturated carbocycles. The van der Waals surface area contributed by atoms with E-state index in [1.807, 2.05) is 25.1 Å². The Balaban J connectivity index is 1.92. The molecular weight excluding hydrogens is 384 g/mol. The van der Waals surface area contributed by atoms with Crippen LogP contribution in [-0.2, 0) is 0 Å². The van der Waals surface area contributed by atoms with E-state index in [1.165, 1.54) is 21.3 Å². The molecule has 2 aromatic carbocycles. The van der Waals surface area contributed by atoms with Gasteiger partial charge in [0, 0.05) is 17.8 Å². The van der Waals surface area contributed by atoms with Gasteiger partial charge >= 0.3 is 0 Å². The lowest BCUT2D eigenvalue weighted by molar-refractivity contribution is 0.101.